The van der Waals surface area contributed by atoms with Crippen LogP contribution in [0.25, 0.3) is 0 Å². The van der Waals surface area contributed by atoms with E-state index in [1.54, 1.807) is 18.2 Å². The lowest BCUT2D eigenvalue weighted by Crippen LogP contribution is -2.32. The van der Waals surface area contributed by atoms with Gasteiger partial charge in [-0.15, -0.1) is 0 Å². The Balaban J connectivity index is 1.85. The maximum absolute atomic E-state index is 13.3. The second-order valence-electron chi connectivity index (χ2n) is 4.20. The predicted octanol–water partition coefficient (Wildman–Crippen LogP) is 2.59. The van der Waals surface area contributed by atoms with Crippen molar-refractivity contribution >= 4 is 17.7 Å². The zero-order chi connectivity index (χ0) is 12.1. The third-order valence-corrected chi connectivity index (χ3v) is 4.05. The fraction of sp³-hybridized carbons (Fsp3) is 0.462. The van der Waals surface area contributed by atoms with Crippen molar-refractivity contribution in [2.75, 3.05) is 11.5 Å². The molecular weight excluding hydrogens is 237 g/mol. The van der Waals surface area contributed by atoms with E-state index in [0.29, 0.717) is 5.56 Å². The number of amides is 1. The summed E-state index contributed by atoms with van der Waals surface area (Å²) in [4.78, 5) is 11.8. The molecule has 1 amide bonds. The van der Waals surface area contributed by atoms with E-state index >= 15 is 0 Å². The van der Waals surface area contributed by atoms with Crippen molar-refractivity contribution in [1.82, 2.24) is 5.32 Å². The van der Waals surface area contributed by atoms with E-state index in [-0.39, 0.29) is 24.2 Å². The number of nitrogens with one attached hydrogen (secondary N) is 1. The largest absolute Gasteiger partial charge is 0.352 e. The smallest absolute Gasteiger partial charge is 0.223 e. The molecule has 1 aliphatic heterocycles. The zero-order valence-electron chi connectivity index (χ0n) is 9.62. The lowest BCUT2D eigenvalue weighted by atomic mass is 10.0. The highest BCUT2D eigenvalue weighted by atomic mass is 32.2. The van der Waals surface area contributed by atoms with Crippen molar-refractivity contribution in [2.45, 2.75) is 19.4 Å². The van der Waals surface area contributed by atoms with Crippen LogP contribution in [-0.4, -0.2) is 17.4 Å². The van der Waals surface area contributed by atoms with Gasteiger partial charge in [0.15, 0.2) is 0 Å². The highest BCUT2D eigenvalue weighted by Crippen LogP contribution is 2.22. The van der Waals surface area contributed by atoms with Gasteiger partial charge in [0.05, 0.1) is 0 Å². The Hall–Kier alpha value is -1.03. The van der Waals surface area contributed by atoms with Crippen LogP contribution < -0.4 is 5.32 Å². The van der Waals surface area contributed by atoms with Crippen molar-refractivity contribution in [1.29, 1.82) is 0 Å². The second-order valence-corrected chi connectivity index (χ2v) is 5.42. The number of carbonyl (C=O) groups is 1. The first-order valence-corrected chi connectivity index (χ1v) is 7.01. The summed E-state index contributed by atoms with van der Waals surface area (Å²) in [6.07, 6.45) is 1.88. The van der Waals surface area contributed by atoms with Gasteiger partial charge < -0.3 is 5.32 Å². The number of carbonyl (C=O) groups excluding carboxylic acids is 1. The van der Waals surface area contributed by atoms with Crippen LogP contribution >= 0.6 is 11.8 Å². The molecular formula is C13H16FNOS. The number of thioether (sulfide) groups is 1. The minimum atomic E-state index is -0.257. The topological polar surface area (TPSA) is 29.1 Å². The Kier molecular flexibility index (Phi) is 4.42. The summed E-state index contributed by atoms with van der Waals surface area (Å²) in [6, 6.07) is 6.55. The van der Waals surface area contributed by atoms with Crippen LogP contribution in [0, 0.1) is 11.7 Å². The first-order valence-electron chi connectivity index (χ1n) is 5.86. The van der Waals surface area contributed by atoms with Gasteiger partial charge in [0.25, 0.3) is 0 Å². The first kappa shape index (κ1) is 12.4. The third kappa shape index (κ3) is 3.46. The van der Waals surface area contributed by atoms with Crippen LogP contribution in [0.5, 0.6) is 0 Å². The summed E-state index contributed by atoms with van der Waals surface area (Å²) in [7, 11) is 0. The fourth-order valence-electron chi connectivity index (χ4n) is 1.93. The summed E-state index contributed by atoms with van der Waals surface area (Å²) in [5, 5.41) is 2.82. The zero-order valence-corrected chi connectivity index (χ0v) is 10.4. The van der Waals surface area contributed by atoms with E-state index in [1.807, 2.05) is 11.8 Å². The molecule has 0 aliphatic carbocycles. The maximum atomic E-state index is 13.3. The fourth-order valence-corrected chi connectivity index (χ4v) is 3.03. The molecule has 1 fully saturated rings. The van der Waals surface area contributed by atoms with E-state index in [0.717, 1.165) is 24.3 Å². The summed E-state index contributed by atoms with van der Waals surface area (Å²) in [6.45, 7) is 0.287. The quantitative estimate of drug-likeness (QED) is 0.897. The summed E-state index contributed by atoms with van der Waals surface area (Å²) in [5.41, 5.74) is 0.547. The second kappa shape index (κ2) is 6.05. The van der Waals surface area contributed by atoms with Gasteiger partial charge in [-0.05, 0) is 30.4 Å². The molecule has 0 bridgehead atoms. The number of benzene rings is 1. The molecule has 0 atom stereocenters. The summed E-state index contributed by atoms with van der Waals surface area (Å²) in [5.74, 6) is 2.03. The molecule has 1 N–H and O–H groups in total. The average Bonchev–Trinajstić information content (AvgIpc) is 2.38. The standard InChI is InChI=1S/C13H16FNOS/c14-12-4-2-1-3-11(12)9-15-13(16)10-5-7-17-8-6-10/h1-4,10H,5-9H2,(H,15,16). The Bertz CT molecular complexity index is 391. The SMILES string of the molecule is O=C(NCc1ccccc1F)C1CCSCC1. The highest BCUT2D eigenvalue weighted by molar-refractivity contribution is 7.99. The molecule has 2 rings (SSSR count). The Morgan fingerprint density at radius 3 is 2.76 bits per heavy atom. The van der Waals surface area contributed by atoms with Gasteiger partial charge in [0.2, 0.25) is 5.91 Å². The molecule has 1 aromatic carbocycles. The maximum Gasteiger partial charge on any atom is 0.223 e. The third-order valence-electron chi connectivity index (χ3n) is 3.00. The van der Waals surface area contributed by atoms with Gasteiger partial charge in [0, 0.05) is 18.0 Å². The van der Waals surface area contributed by atoms with E-state index in [9.17, 15) is 9.18 Å². The lowest BCUT2D eigenvalue weighted by Gasteiger charge is -2.20. The number of hydrogen-bond donors (Lipinski definition) is 1. The Morgan fingerprint density at radius 2 is 2.06 bits per heavy atom. The molecule has 0 aromatic heterocycles. The van der Waals surface area contributed by atoms with Crippen molar-refractivity contribution in [2.24, 2.45) is 5.92 Å². The Morgan fingerprint density at radius 1 is 1.35 bits per heavy atom. The normalized spacial score (nSPS) is 16.8. The van der Waals surface area contributed by atoms with E-state index in [2.05, 4.69) is 5.32 Å². The van der Waals surface area contributed by atoms with Gasteiger partial charge in [-0.25, -0.2) is 4.39 Å². The van der Waals surface area contributed by atoms with Crippen LogP contribution in [0.3, 0.4) is 0 Å². The van der Waals surface area contributed by atoms with Crippen LogP contribution in [0.2, 0.25) is 0 Å². The van der Waals surface area contributed by atoms with Crippen molar-refractivity contribution in [3.63, 3.8) is 0 Å². The summed E-state index contributed by atoms with van der Waals surface area (Å²) < 4.78 is 13.3. The molecule has 17 heavy (non-hydrogen) atoms. The molecule has 1 saturated heterocycles. The molecule has 0 spiro atoms. The van der Waals surface area contributed by atoms with Crippen molar-refractivity contribution in [3.8, 4) is 0 Å². The molecule has 1 aromatic rings. The molecule has 4 heteroatoms. The van der Waals surface area contributed by atoms with Crippen molar-refractivity contribution < 1.29 is 9.18 Å². The molecule has 0 unspecified atom stereocenters. The molecule has 1 heterocycles. The van der Waals surface area contributed by atoms with E-state index in [4.69, 9.17) is 0 Å². The van der Waals surface area contributed by atoms with Crippen LogP contribution in [0.4, 0.5) is 4.39 Å². The van der Waals surface area contributed by atoms with Crippen LogP contribution in [-0.2, 0) is 11.3 Å². The van der Waals surface area contributed by atoms with Gasteiger partial charge in [-0.1, -0.05) is 18.2 Å². The van der Waals surface area contributed by atoms with Gasteiger partial charge in [-0.2, -0.15) is 11.8 Å². The summed E-state index contributed by atoms with van der Waals surface area (Å²) >= 11 is 1.89. The molecule has 1 aliphatic rings. The van der Waals surface area contributed by atoms with Crippen LogP contribution in [0.1, 0.15) is 18.4 Å². The Labute approximate surface area is 105 Å². The van der Waals surface area contributed by atoms with Gasteiger partial charge >= 0.3 is 0 Å². The minimum Gasteiger partial charge on any atom is -0.352 e. The van der Waals surface area contributed by atoms with Crippen LogP contribution in [0.15, 0.2) is 24.3 Å². The van der Waals surface area contributed by atoms with E-state index in [1.165, 1.54) is 6.07 Å². The number of hydrogen-bond acceptors (Lipinski definition) is 2. The highest BCUT2D eigenvalue weighted by Gasteiger charge is 2.20. The van der Waals surface area contributed by atoms with Crippen molar-refractivity contribution in [3.05, 3.63) is 35.6 Å². The molecule has 0 radical (unpaired) electrons. The van der Waals surface area contributed by atoms with E-state index < -0.39 is 0 Å². The number of rotatable bonds is 3. The predicted molar refractivity (Wildman–Crippen MR) is 68.3 cm³/mol. The van der Waals surface area contributed by atoms with Gasteiger partial charge in [-0.3, -0.25) is 4.79 Å². The van der Waals surface area contributed by atoms with Gasteiger partial charge in [0.1, 0.15) is 5.82 Å². The average molecular weight is 253 g/mol. The monoisotopic (exact) mass is 253 g/mol. The molecule has 2 nitrogen and oxygen atoms in total. The molecule has 92 valence electrons. The number of halogens is 1. The first-order chi connectivity index (χ1) is 8.27. The molecule has 0 saturated carbocycles. The minimum absolute atomic E-state index is 0.0635. The lowest BCUT2D eigenvalue weighted by molar-refractivity contribution is -0.125.